The molecule has 3 heterocycles. The first-order valence-corrected chi connectivity index (χ1v) is 30.7. The quantitative estimate of drug-likeness (QED) is 0.142. The summed E-state index contributed by atoms with van der Waals surface area (Å²) in [6.45, 7) is 0. The molecule has 3 aliphatic rings. The van der Waals surface area contributed by atoms with Crippen LogP contribution in [0.4, 0.5) is 34.1 Å². The Bertz CT molecular complexity index is 3970. The summed E-state index contributed by atoms with van der Waals surface area (Å²) in [4.78, 5) is 4.65. The highest BCUT2D eigenvalue weighted by Crippen LogP contribution is 2.62. The molecule has 0 bridgehead atoms. The average molecular weight is 1060 g/mol. The van der Waals surface area contributed by atoms with E-state index in [2.05, 4.69) is 252 Å². The van der Waals surface area contributed by atoms with E-state index in [1.807, 2.05) is 72.8 Å². The van der Waals surface area contributed by atoms with Gasteiger partial charge in [0.2, 0.25) is 0 Å². The molecule has 0 aromatic heterocycles. The van der Waals surface area contributed by atoms with Crippen LogP contribution in [-0.2, 0) is 20.0 Å². The van der Waals surface area contributed by atoms with Crippen LogP contribution in [-0.4, -0.2) is 0 Å². The van der Waals surface area contributed by atoms with Crippen molar-refractivity contribution < 1.29 is 9.13 Å². The van der Waals surface area contributed by atoms with Gasteiger partial charge in [-0.2, -0.15) is 0 Å². The number of hydrogen-bond donors (Lipinski definition) is 0. The zero-order valence-electron chi connectivity index (χ0n) is 43.6. The highest BCUT2D eigenvalue weighted by atomic mass is 31.2. The molecule has 0 amide bonds. The Morgan fingerprint density at radius 2 is 0.475 bits per heavy atom. The van der Waals surface area contributed by atoms with E-state index in [9.17, 15) is 0 Å². The van der Waals surface area contributed by atoms with E-state index in [0.717, 1.165) is 78.6 Å². The van der Waals surface area contributed by atoms with Gasteiger partial charge in [0.1, 0.15) is 0 Å². The summed E-state index contributed by atoms with van der Waals surface area (Å²) in [5.74, 6) is 0. The van der Waals surface area contributed by atoms with Crippen LogP contribution in [0.25, 0.3) is 0 Å². The molecule has 0 aliphatic carbocycles. The van der Waals surface area contributed by atoms with Crippen LogP contribution in [0.15, 0.2) is 315 Å². The van der Waals surface area contributed by atoms with Crippen molar-refractivity contribution in [2.24, 2.45) is 0 Å². The van der Waals surface area contributed by atoms with Gasteiger partial charge in [-0.15, -0.1) is 0 Å². The van der Waals surface area contributed by atoms with Crippen molar-refractivity contribution in [3.8, 4) is 0 Å². The van der Waals surface area contributed by atoms with Crippen molar-refractivity contribution in [1.29, 1.82) is 0 Å². The molecule has 12 aromatic carbocycles. The zero-order chi connectivity index (χ0) is 53.5. The highest BCUT2D eigenvalue weighted by molar-refractivity contribution is 7.95. The fourth-order valence-electron chi connectivity index (χ4n) is 13.8. The molecule has 380 valence electrons. The van der Waals surface area contributed by atoms with Gasteiger partial charge in [0.05, 0.1) is 33.6 Å². The third-order valence-corrected chi connectivity index (χ3v) is 23.7. The second-order valence-electron chi connectivity index (χ2n) is 20.9. The Balaban J connectivity index is 0.974. The van der Waals surface area contributed by atoms with Crippen molar-refractivity contribution in [2.75, 3.05) is 9.80 Å². The van der Waals surface area contributed by atoms with E-state index in [1.165, 1.54) is 0 Å². The lowest BCUT2D eigenvalue weighted by atomic mass is 9.62. The maximum atomic E-state index is 17.5. The van der Waals surface area contributed by atoms with Gasteiger partial charge < -0.3 is 18.9 Å². The lowest BCUT2D eigenvalue weighted by molar-refractivity contribution is 0.589. The normalized spacial score (nSPS) is 17.9. The van der Waals surface area contributed by atoms with E-state index in [1.54, 1.807) is 0 Å². The van der Waals surface area contributed by atoms with Crippen molar-refractivity contribution in [1.82, 2.24) is 0 Å². The third kappa shape index (κ3) is 6.71. The fraction of sp³-hybridized carbons (Fsp3) is 0.0270. The van der Waals surface area contributed by atoms with Crippen molar-refractivity contribution in [3.63, 3.8) is 0 Å². The minimum absolute atomic E-state index is 0.579. The van der Waals surface area contributed by atoms with Crippen LogP contribution in [0.5, 0.6) is 0 Å². The zero-order valence-corrected chi connectivity index (χ0v) is 45.4. The number of nitrogens with zero attached hydrogens (tertiary/aromatic N) is 2. The smallest absolute Gasteiger partial charge is 0.172 e. The number of benzene rings is 12. The molecule has 0 fully saturated rings. The summed E-state index contributed by atoms with van der Waals surface area (Å²) >= 11 is 0. The Hall–Kier alpha value is -9.30. The highest BCUT2D eigenvalue weighted by Gasteiger charge is 2.52. The number of anilines is 6. The molecule has 12 aromatic rings. The molecule has 80 heavy (non-hydrogen) atoms. The lowest BCUT2D eigenvalue weighted by Gasteiger charge is -2.47. The first kappa shape index (κ1) is 47.9. The topological polar surface area (TPSA) is 40.6 Å². The number of fused-ring (bicyclic) bond motifs is 6. The van der Waals surface area contributed by atoms with Crippen LogP contribution in [0.2, 0.25) is 0 Å². The van der Waals surface area contributed by atoms with Crippen molar-refractivity contribution >= 4 is 80.2 Å². The van der Waals surface area contributed by atoms with Gasteiger partial charge >= 0.3 is 0 Å². The van der Waals surface area contributed by atoms with Gasteiger partial charge in [0.15, 0.2) is 14.3 Å². The largest absolute Gasteiger partial charge is 0.310 e. The number of hydrogen-bond acceptors (Lipinski definition) is 4. The van der Waals surface area contributed by atoms with Gasteiger partial charge in [-0.25, -0.2) is 0 Å². The minimum atomic E-state index is -3.82. The summed E-state index contributed by atoms with van der Waals surface area (Å²) < 4.78 is 35.1. The van der Waals surface area contributed by atoms with Gasteiger partial charge in [-0.3, -0.25) is 0 Å². The van der Waals surface area contributed by atoms with E-state index >= 15 is 9.13 Å². The maximum absolute atomic E-state index is 17.5. The summed E-state index contributed by atoms with van der Waals surface area (Å²) in [6, 6.07) is 110. The predicted octanol–water partition coefficient (Wildman–Crippen LogP) is 15.6. The Morgan fingerprint density at radius 3 is 0.750 bits per heavy atom. The third-order valence-electron chi connectivity index (χ3n) is 17.1. The van der Waals surface area contributed by atoms with Gasteiger partial charge in [-0.05, 0) is 105 Å². The van der Waals surface area contributed by atoms with Crippen LogP contribution < -0.4 is 41.6 Å². The lowest BCUT2D eigenvalue weighted by Crippen LogP contribution is -2.49. The van der Waals surface area contributed by atoms with E-state index < -0.39 is 25.1 Å². The van der Waals surface area contributed by atoms with Crippen molar-refractivity contribution in [2.45, 2.75) is 10.8 Å². The SMILES string of the molecule is O=P1(c2ccccc2)c2ccc(N3c4ccccc4C(c4ccccc4)(c4ccccc4)c4ccccc43)cc2P(=O)(c2ccccc2)c2ccc(N3c4ccccc4C(c4ccccc4)(c4ccccc4)c4ccccc43)cc21. The Morgan fingerprint density at radius 1 is 0.237 bits per heavy atom. The summed E-state index contributed by atoms with van der Waals surface area (Å²) in [5, 5.41) is 3.69. The van der Waals surface area contributed by atoms with E-state index in [0.29, 0.717) is 31.8 Å². The summed E-state index contributed by atoms with van der Waals surface area (Å²) in [7, 11) is -7.65. The molecule has 6 heteroatoms. The number of para-hydroxylation sites is 4. The second-order valence-corrected chi connectivity index (χ2v) is 26.3. The molecule has 0 saturated carbocycles. The monoisotopic (exact) mass is 1060 g/mol. The molecular formula is C74H52N2O2P2. The predicted molar refractivity (Wildman–Crippen MR) is 332 cm³/mol. The van der Waals surface area contributed by atoms with Gasteiger partial charge in [-0.1, -0.05) is 255 Å². The van der Waals surface area contributed by atoms with E-state index in [4.69, 9.17) is 0 Å². The van der Waals surface area contributed by atoms with E-state index in [-0.39, 0.29) is 0 Å². The van der Waals surface area contributed by atoms with Crippen LogP contribution in [0.1, 0.15) is 44.5 Å². The van der Waals surface area contributed by atoms with Crippen molar-refractivity contribution in [3.05, 3.63) is 360 Å². The van der Waals surface area contributed by atoms with Crippen LogP contribution in [0, 0.1) is 0 Å². The van der Waals surface area contributed by atoms with Gasteiger partial charge in [0, 0.05) is 43.2 Å². The minimum Gasteiger partial charge on any atom is -0.310 e. The molecule has 2 atom stereocenters. The molecule has 15 rings (SSSR count). The molecule has 3 aliphatic heterocycles. The Kier molecular flexibility index (Phi) is 11.2. The van der Waals surface area contributed by atoms with Crippen LogP contribution >= 0.6 is 14.3 Å². The molecule has 4 nitrogen and oxygen atoms in total. The molecule has 0 spiro atoms. The molecule has 0 radical (unpaired) electrons. The summed E-state index contributed by atoms with van der Waals surface area (Å²) in [5.41, 5.74) is 13.5. The molecule has 0 N–H and O–H groups in total. The molecule has 2 unspecified atom stereocenters. The Labute approximate surface area is 467 Å². The molecular weight excluding hydrogens is 1010 g/mol. The first-order chi connectivity index (χ1) is 39.5. The van der Waals surface area contributed by atoms with Gasteiger partial charge in [0.25, 0.3) is 0 Å². The standard InChI is InChI=1S/C74H52N2O2P2/c77-79(59-35-15-5-16-36-59)70-50-48-58(76-67-45-25-21-41-63(67)74(55-31-11-3-12-32-55,56-33-13-4-14-34-56)64-42-22-26-46-68(64)76)52-72(70)80(78,60-37-17-6-18-38-60)69-49-47-57(51-71(69)79)75-65-43-23-19-39-61(65)73(53-27-7-1-8-28-53,54-29-9-2-10-30-54)62-40-20-24-44-66(62)75/h1-52H. The fourth-order valence-corrected chi connectivity index (χ4v) is 21.1. The number of rotatable bonds is 8. The van der Waals surface area contributed by atoms with Crippen LogP contribution in [0.3, 0.4) is 0 Å². The second kappa shape index (κ2) is 18.7. The molecule has 0 saturated heterocycles. The average Bonchev–Trinajstić information content (AvgIpc) is 3.66. The first-order valence-electron chi connectivity index (χ1n) is 27.3. The summed E-state index contributed by atoms with van der Waals surface area (Å²) in [6.07, 6.45) is 0. The maximum Gasteiger partial charge on any atom is 0.172 e.